The Labute approximate surface area is 125 Å². The lowest BCUT2D eigenvalue weighted by molar-refractivity contribution is 0.210. The van der Waals surface area contributed by atoms with Gasteiger partial charge in [0.15, 0.2) is 0 Å². The molecule has 0 aromatic heterocycles. The summed E-state index contributed by atoms with van der Waals surface area (Å²) in [7, 11) is -2.82. The van der Waals surface area contributed by atoms with E-state index in [1.165, 1.54) is 25.7 Å². The van der Waals surface area contributed by atoms with Crippen molar-refractivity contribution in [2.24, 2.45) is 11.8 Å². The van der Waals surface area contributed by atoms with E-state index in [0.29, 0.717) is 23.3 Å². The number of hydrogen-bond acceptors (Lipinski definition) is 3. The van der Waals surface area contributed by atoms with E-state index in [2.05, 4.69) is 26.1 Å². The van der Waals surface area contributed by atoms with Gasteiger partial charge in [-0.15, -0.1) is 0 Å². The average molecular weight is 304 g/mol. The highest BCUT2D eigenvalue weighted by Gasteiger charge is 2.27. The fraction of sp³-hybridized carbons (Fsp3) is 1.00. The van der Waals surface area contributed by atoms with Gasteiger partial charge in [0.1, 0.15) is 9.84 Å². The van der Waals surface area contributed by atoms with Gasteiger partial charge in [0.2, 0.25) is 0 Å². The van der Waals surface area contributed by atoms with Crippen molar-refractivity contribution >= 4 is 9.84 Å². The Morgan fingerprint density at radius 3 is 2.20 bits per heavy atom. The summed E-state index contributed by atoms with van der Waals surface area (Å²) < 4.78 is 23.8. The Morgan fingerprint density at radius 1 is 1.05 bits per heavy atom. The van der Waals surface area contributed by atoms with Crippen molar-refractivity contribution < 1.29 is 8.42 Å². The molecule has 20 heavy (non-hydrogen) atoms. The number of sulfone groups is 1. The molecule has 0 heterocycles. The van der Waals surface area contributed by atoms with Crippen LogP contribution in [0.3, 0.4) is 0 Å². The lowest BCUT2D eigenvalue weighted by Crippen LogP contribution is -2.41. The minimum absolute atomic E-state index is 0.149. The first-order chi connectivity index (χ1) is 9.23. The number of rotatable bonds is 7. The van der Waals surface area contributed by atoms with E-state index in [0.717, 1.165) is 19.4 Å². The molecule has 120 valence electrons. The van der Waals surface area contributed by atoms with Crippen LogP contribution in [0.15, 0.2) is 0 Å². The molecule has 0 saturated heterocycles. The monoisotopic (exact) mass is 303 g/mol. The maximum absolute atomic E-state index is 11.9. The van der Waals surface area contributed by atoms with Crippen molar-refractivity contribution in [3.63, 3.8) is 0 Å². The Hall–Kier alpha value is -0.0900. The first-order valence-electron chi connectivity index (χ1n) is 8.19. The van der Waals surface area contributed by atoms with Crippen molar-refractivity contribution in [3.8, 4) is 0 Å². The maximum atomic E-state index is 11.9. The van der Waals surface area contributed by atoms with Gasteiger partial charge in [-0.05, 0) is 58.4 Å². The summed E-state index contributed by atoms with van der Waals surface area (Å²) in [5.74, 6) is 1.98. The molecular formula is C16H33NO2S. The minimum Gasteiger partial charge on any atom is -0.312 e. The Kier molecular flexibility index (Phi) is 6.99. The topological polar surface area (TPSA) is 46.2 Å². The molecular weight excluding hydrogens is 270 g/mol. The molecule has 4 heteroatoms. The van der Waals surface area contributed by atoms with Crippen LogP contribution in [0.2, 0.25) is 0 Å². The third-order valence-corrected chi connectivity index (χ3v) is 6.16. The third kappa shape index (κ3) is 7.07. The van der Waals surface area contributed by atoms with Crippen LogP contribution in [0.1, 0.15) is 66.2 Å². The average Bonchev–Trinajstić information content (AvgIpc) is 2.34. The van der Waals surface area contributed by atoms with Crippen LogP contribution in [0.25, 0.3) is 0 Å². The van der Waals surface area contributed by atoms with Crippen LogP contribution in [-0.2, 0) is 9.84 Å². The van der Waals surface area contributed by atoms with E-state index in [-0.39, 0.29) is 5.54 Å². The molecule has 0 bridgehead atoms. The molecule has 0 aliphatic heterocycles. The molecule has 1 aliphatic carbocycles. The zero-order valence-corrected chi connectivity index (χ0v) is 14.6. The molecule has 1 saturated carbocycles. The van der Waals surface area contributed by atoms with Crippen LogP contribution >= 0.6 is 0 Å². The summed E-state index contributed by atoms with van der Waals surface area (Å²) in [5, 5.41) is 3.59. The van der Waals surface area contributed by atoms with E-state index in [4.69, 9.17) is 0 Å². The predicted octanol–water partition coefficient (Wildman–Crippen LogP) is 3.40. The molecule has 1 aliphatic rings. The maximum Gasteiger partial charge on any atom is 0.150 e. The smallest absolute Gasteiger partial charge is 0.150 e. The molecule has 1 N–H and O–H groups in total. The molecule has 1 rings (SSSR count). The van der Waals surface area contributed by atoms with E-state index < -0.39 is 9.84 Å². The van der Waals surface area contributed by atoms with Crippen molar-refractivity contribution in [3.05, 3.63) is 0 Å². The van der Waals surface area contributed by atoms with E-state index in [1.54, 1.807) is 0 Å². The van der Waals surface area contributed by atoms with Gasteiger partial charge in [-0.2, -0.15) is 0 Å². The standard InChI is InChI=1S/C16H33NO2S/c1-5-11-20(18,19)12-10-14-8-6-7-9-15(14)13-17-16(2,3)4/h14-15,17H,5-13H2,1-4H3. The van der Waals surface area contributed by atoms with E-state index in [1.807, 2.05) is 6.92 Å². The lowest BCUT2D eigenvalue weighted by Gasteiger charge is -2.34. The second-order valence-electron chi connectivity index (χ2n) is 7.38. The molecule has 3 nitrogen and oxygen atoms in total. The van der Waals surface area contributed by atoms with Gasteiger partial charge >= 0.3 is 0 Å². The first-order valence-corrected chi connectivity index (χ1v) is 10.0. The Morgan fingerprint density at radius 2 is 1.65 bits per heavy atom. The zero-order chi connectivity index (χ0) is 15.2. The van der Waals surface area contributed by atoms with Gasteiger partial charge in [-0.25, -0.2) is 8.42 Å². The number of hydrogen-bond donors (Lipinski definition) is 1. The molecule has 1 fully saturated rings. The molecule has 0 aromatic carbocycles. The van der Waals surface area contributed by atoms with Crippen molar-refractivity contribution in [1.82, 2.24) is 5.32 Å². The Bertz CT molecular complexity index is 370. The van der Waals surface area contributed by atoms with Crippen LogP contribution in [0.5, 0.6) is 0 Å². The SMILES string of the molecule is CCCS(=O)(=O)CCC1CCCCC1CNC(C)(C)C. The third-order valence-electron chi connectivity index (χ3n) is 4.28. The Balaban J connectivity index is 2.48. The van der Waals surface area contributed by atoms with Crippen LogP contribution < -0.4 is 5.32 Å². The minimum atomic E-state index is -2.82. The predicted molar refractivity (Wildman–Crippen MR) is 86.8 cm³/mol. The summed E-state index contributed by atoms with van der Waals surface area (Å²) in [6.45, 7) is 9.54. The summed E-state index contributed by atoms with van der Waals surface area (Å²) in [5.41, 5.74) is 0.149. The second kappa shape index (κ2) is 7.79. The summed E-state index contributed by atoms with van der Waals surface area (Å²) >= 11 is 0. The molecule has 0 spiro atoms. The zero-order valence-electron chi connectivity index (χ0n) is 13.7. The van der Waals surface area contributed by atoms with Gasteiger partial charge < -0.3 is 5.32 Å². The molecule has 0 radical (unpaired) electrons. The largest absolute Gasteiger partial charge is 0.312 e. The van der Waals surface area contributed by atoms with Crippen LogP contribution in [-0.4, -0.2) is 32.0 Å². The van der Waals surface area contributed by atoms with Crippen LogP contribution in [0, 0.1) is 11.8 Å². The fourth-order valence-corrected chi connectivity index (χ4v) is 4.60. The van der Waals surface area contributed by atoms with Gasteiger partial charge in [-0.1, -0.05) is 26.2 Å². The summed E-state index contributed by atoms with van der Waals surface area (Å²) in [6, 6.07) is 0. The molecule has 2 unspecified atom stereocenters. The molecule has 0 aromatic rings. The van der Waals surface area contributed by atoms with Crippen molar-refractivity contribution in [1.29, 1.82) is 0 Å². The first kappa shape index (κ1) is 18.0. The normalized spacial score (nSPS) is 24.8. The van der Waals surface area contributed by atoms with Crippen LogP contribution in [0.4, 0.5) is 0 Å². The van der Waals surface area contributed by atoms with E-state index >= 15 is 0 Å². The van der Waals surface area contributed by atoms with Gasteiger partial charge in [0.25, 0.3) is 0 Å². The lowest BCUT2D eigenvalue weighted by atomic mass is 9.77. The number of nitrogens with one attached hydrogen (secondary N) is 1. The highest BCUT2D eigenvalue weighted by Crippen LogP contribution is 2.32. The van der Waals surface area contributed by atoms with Crippen molar-refractivity contribution in [2.75, 3.05) is 18.1 Å². The summed E-state index contributed by atoms with van der Waals surface area (Å²) in [6.07, 6.45) is 6.62. The quantitative estimate of drug-likeness (QED) is 0.784. The molecule has 2 atom stereocenters. The van der Waals surface area contributed by atoms with Gasteiger partial charge in [0.05, 0.1) is 5.75 Å². The molecule has 0 amide bonds. The van der Waals surface area contributed by atoms with E-state index in [9.17, 15) is 8.42 Å². The summed E-state index contributed by atoms with van der Waals surface area (Å²) in [4.78, 5) is 0. The fourth-order valence-electron chi connectivity index (χ4n) is 3.11. The highest BCUT2D eigenvalue weighted by molar-refractivity contribution is 7.91. The second-order valence-corrected chi connectivity index (χ2v) is 9.68. The van der Waals surface area contributed by atoms with Gasteiger partial charge in [0, 0.05) is 11.3 Å². The van der Waals surface area contributed by atoms with Gasteiger partial charge in [-0.3, -0.25) is 0 Å². The van der Waals surface area contributed by atoms with Crippen molar-refractivity contribution in [2.45, 2.75) is 71.8 Å². The highest BCUT2D eigenvalue weighted by atomic mass is 32.2.